The van der Waals surface area contributed by atoms with Crippen LogP contribution in [-0.4, -0.2) is 47.5 Å². The van der Waals surface area contributed by atoms with Crippen molar-refractivity contribution in [1.82, 2.24) is 0 Å². The maximum atomic E-state index is 11.8. The van der Waals surface area contributed by atoms with Gasteiger partial charge in [-0.25, -0.2) is 8.42 Å². The van der Waals surface area contributed by atoms with Crippen LogP contribution in [0.25, 0.3) is 0 Å². The Labute approximate surface area is 180 Å². The van der Waals surface area contributed by atoms with Crippen LogP contribution < -0.4 is 0 Å². The van der Waals surface area contributed by atoms with Crippen molar-refractivity contribution in [3.8, 4) is 0 Å². The molecule has 2 atom stereocenters. The molecule has 0 N–H and O–H groups in total. The van der Waals surface area contributed by atoms with Crippen LogP contribution in [0.2, 0.25) is 0 Å². The molecule has 2 aliphatic carbocycles. The first-order chi connectivity index (χ1) is 13.4. The molecule has 0 spiro atoms. The Hall–Kier alpha value is -0.400. The van der Waals surface area contributed by atoms with Gasteiger partial charge in [0.15, 0.2) is 11.5 Å². The SMILES string of the molecule is CC1(C)C2CCC1(CS(=O)(=O)[O-])C(=O)C2.CCCC[S+](CCCC)CC(=O)CC. The largest absolute Gasteiger partial charge is 0.748 e. The number of ketones is 2. The molecular weight excluding hydrogens is 408 g/mol. The van der Waals surface area contributed by atoms with Gasteiger partial charge in [0, 0.05) is 18.3 Å². The number of rotatable bonds is 11. The molecule has 0 aromatic carbocycles. The second-order valence-electron chi connectivity index (χ2n) is 9.13. The Bertz CT molecular complexity index is 648. The molecule has 5 nitrogen and oxygen atoms in total. The third-order valence-electron chi connectivity index (χ3n) is 6.89. The van der Waals surface area contributed by atoms with Gasteiger partial charge in [-0.05, 0) is 47.9 Å². The molecule has 2 saturated carbocycles. The number of hydrogen-bond acceptors (Lipinski definition) is 5. The van der Waals surface area contributed by atoms with Crippen LogP contribution in [0.1, 0.15) is 86.0 Å². The predicted molar refractivity (Wildman–Crippen MR) is 120 cm³/mol. The van der Waals surface area contributed by atoms with E-state index in [2.05, 4.69) is 13.8 Å². The van der Waals surface area contributed by atoms with Gasteiger partial charge in [-0.1, -0.05) is 47.5 Å². The Morgan fingerprint density at radius 1 is 1.14 bits per heavy atom. The minimum absolute atomic E-state index is 0.0248. The molecule has 2 bridgehead atoms. The first kappa shape index (κ1) is 26.6. The third-order valence-corrected chi connectivity index (χ3v) is 10.2. The summed E-state index contributed by atoms with van der Waals surface area (Å²) in [6, 6.07) is 0. The molecule has 2 rings (SSSR count). The molecule has 0 saturated heterocycles. The van der Waals surface area contributed by atoms with Crippen LogP contribution >= 0.6 is 0 Å². The van der Waals surface area contributed by atoms with Gasteiger partial charge in [0.2, 0.25) is 0 Å². The fourth-order valence-corrected chi connectivity index (χ4v) is 8.51. The lowest BCUT2D eigenvalue weighted by Gasteiger charge is -2.37. The summed E-state index contributed by atoms with van der Waals surface area (Å²) in [7, 11) is -3.93. The Morgan fingerprint density at radius 3 is 2.03 bits per heavy atom. The van der Waals surface area contributed by atoms with Gasteiger partial charge < -0.3 is 4.55 Å². The van der Waals surface area contributed by atoms with E-state index in [0.717, 1.165) is 18.6 Å². The van der Waals surface area contributed by atoms with Crippen molar-refractivity contribution >= 4 is 32.6 Å². The summed E-state index contributed by atoms with van der Waals surface area (Å²) >= 11 is 0. The quantitative estimate of drug-likeness (QED) is 0.350. The molecule has 0 heterocycles. The van der Waals surface area contributed by atoms with Crippen molar-refractivity contribution in [2.24, 2.45) is 16.7 Å². The standard InChI is InChI=1S/C12H25OS.C10H16O4S/c1-4-7-9-14(10-8-5-2)11-12(13)6-3;1-9(2)7-3-4-10(9,8(11)5-7)6-15(12,13)14/h4-11H2,1-3H3;7H,3-6H2,1-2H3,(H,12,13,14)/q+1;/p-1. The fraction of sp³-hybridized carbons (Fsp3) is 0.909. The highest BCUT2D eigenvalue weighted by Crippen LogP contribution is 2.64. The maximum Gasteiger partial charge on any atom is 0.181 e. The summed E-state index contributed by atoms with van der Waals surface area (Å²) in [6.45, 7) is 10.3. The molecule has 2 fully saturated rings. The molecule has 2 aliphatic rings. The first-order valence-electron chi connectivity index (χ1n) is 11.1. The van der Waals surface area contributed by atoms with Gasteiger partial charge in [0.05, 0.1) is 15.9 Å². The zero-order valence-corrected chi connectivity index (χ0v) is 20.6. The van der Waals surface area contributed by atoms with Crippen molar-refractivity contribution in [2.75, 3.05) is 23.0 Å². The molecule has 0 radical (unpaired) electrons. The normalized spacial score (nSPS) is 25.2. The van der Waals surface area contributed by atoms with E-state index < -0.39 is 21.3 Å². The number of hydrogen-bond donors (Lipinski definition) is 0. The Morgan fingerprint density at radius 2 is 1.69 bits per heavy atom. The summed E-state index contributed by atoms with van der Waals surface area (Å²) in [5, 5.41) is 0. The average molecular weight is 449 g/mol. The number of carbonyl (C=O) groups is 2. The van der Waals surface area contributed by atoms with E-state index in [0.29, 0.717) is 29.5 Å². The first-order valence-corrected chi connectivity index (χ1v) is 14.4. The van der Waals surface area contributed by atoms with E-state index in [4.69, 9.17) is 0 Å². The predicted octanol–water partition coefficient (Wildman–Crippen LogP) is 4.11. The molecule has 29 heavy (non-hydrogen) atoms. The van der Waals surface area contributed by atoms with Crippen molar-refractivity contribution < 1.29 is 22.6 Å². The minimum atomic E-state index is -4.33. The van der Waals surface area contributed by atoms with E-state index in [9.17, 15) is 22.6 Å². The summed E-state index contributed by atoms with van der Waals surface area (Å²) in [4.78, 5) is 23.2. The smallest absolute Gasteiger partial charge is 0.181 e. The van der Waals surface area contributed by atoms with Crippen LogP contribution in [0.4, 0.5) is 0 Å². The highest BCUT2D eigenvalue weighted by molar-refractivity contribution is 7.97. The third kappa shape index (κ3) is 7.06. The van der Waals surface area contributed by atoms with Crippen LogP contribution in [0.3, 0.4) is 0 Å². The molecule has 0 amide bonds. The summed E-state index contributed by atoms with van der Waals surface area (Å²) < 4.78 is 32.7. The summed E-state index contributed by atoms with van der Waals surface area (Å²) in [5.41, 5.74) is -1.22. The lowest BCUT2D eigenvalue weighted by molar-refractivity contribution is -0.128. The maximum absolute atomic E-state index is 11.8. The molecule has 0 aromatic rings. The second kappa shape index (κ2) is 11.3. The average Bonchev–Trinajstić information content (AvgIpc) is 2.97. The lowest BCUT2D eigenvalue weighted by Crippen LogP contribution is -2.42. The van der Waals surface area contributed by atoms with Crippen LogP contribution in [0.15, 0.2) is 0 Å². The van der Waals surface area contributed by atoms with Gasteiger partial charge in [-0.3, -0.25) is 9.59 Å². The van der Waals surface area contributed by atoms with Crippen LogP contribution in [0.5, 0.6) is 0 Å². The Kier molecular flexibility index (Phi) is 10.4. The number of unbranched alkanes of at least 4 members (excludes halogenated alkanes) is 2. The van der Waals surface area contributed by atoms with Crippen LogP contribution in [-0.2, 0) is 30.6 Å². The van der Waals surface area contributed by atoms with Gasteiger partial charge in [0.1, 0.15) is 17.3 Å². The van der Waals surface area contributed by atoms with Crippen molar-refractivity contribution in [1.29, 1.82) is 0 Å². The van der Waals surface area contributed by atoms with Gasteiger partial charge in [-0.2, -0.15) is 0 Å². The number of carbonyl (C=O) groups excluding carboxylic acids is 2. The molecule has 170 valence electrons. The molecule has 7 heteroatoms. The van der Waals surface area contributed by atoms with E-state index in [1.807, 2.05) is 20.8 Å². The monoisotopic (exact) mass is 448 g/mol. The lowest BCUT2D eigenvalue weighted by atomic mass is 9.70. The summed E-state index contributed by atoms with van der Waals surface area (Å²) in [5.74, 6) is 3.60. The molecular formula is C22H40O5S2. The fourth-order valence-electron chi connectivity index (χ4n) is 4.68. The minimum Gasteiger partial charge on any atom is -0.748 e. The highest BCUT2D eigenvalue weighted by Gasteiger charge is 2.64. The van der Waals surface area contributed by atoms with E-state index in [1.165, 1.54) is 37.2 Å². The highest BCUT2D eigenvalue weighted by atomic mass is 32.2. The van der Waals surface area contributed by atoms with Gasteiger partial charge in [-0.15, -0.1) is 0 Å². The van der Waals surface area contributed by atoms with E-state index in [1.54, 1.807) is 0 Å². The van der Waals surface area contributed by atoms with E-state index >= 15 is 0 Å². The summed E-state index contributed by atoms with van der Waals surface area (Å²) in [6.07, 6.45) is 7.71. The zero-order valence-electron chi connectivity index (χ0n) is 18.9. The number of Topliss-reactive ketones (excluding diaryl/α,β-unsaturated/α-hetero) is 2. The molecule has 0 aliphatic heterocycles. The topological polar surface area (TPSA) is 91.3 Å². The number of fused-ring (bicyclic) bond motifs is 2. The van der Waals surface area contributed by atoms with Crippen molar-refractivity contribution in [3.63, 3.8) is 0 Å². The molecule has 0 aromatic heterocycles. The Balaban J connectivity index is 0.000000291. The van der Waals surface area contributed by atoms with Crippen LogP contribution in [0, 0.1) is 16.7 Å². The van der Waals surface area contributed by atoms with E-state index in [-0.39, 0.29) is 17.1 Å². The second-order valence-corrected chi connectivity index (χ2v) is 12.9. The zero-order chi connectivity index (χ0) is 22.3. The van der Waals surface area contributed by atoms with Gasteiger partial charge in [0.25, 0.3) is 0 Å². The molecule has 2 unspecified atom stereocenters. The van der Waals surface area contributed by atoms with Crippen molar-refractivity contribution in [3.05, 3.63) is 0 Å². The van der Waals surface area contributed by atoms with Crippen molar-refractivity contribution in [2.45, 2.75) is 86.0 Å². The van der Waals surface area contributed by atoms with Gasteiger partial charge >= 0.3 is 0 Å².